The van der Waals surface area contributed by atoms with Crippen LogP contribution in [-0.4, -0.2) is 24.1 Å². The molecule has 0 radical (unpaired) electrons. The molecule has 0 aromatic carbocycles. The molecular weight excluding hydrogens is 246 g/mol. The lowest BCUT2D eigenvalue weighted by molar-refractivity contribution is 0.668. The number of hydrogen-bond donors (Lipinski definition) is 1. The van der Waals surface area contributed by atoms with Gasteiger partial charge in [0, 0.05) is 25.3 Å². The van der Waals surface area contributed by atoms with Crippen LogP contribution in [0.5, 0.6) is 0 Å². The minimum atomic E-state index is 0.205. The third kappa shape index (κ3) is 3.72. The molecule has 1 heterocycles. The molecule has 1 aromatic heterocycles. The molecule has 1 aromatic rings. The summed E-state index contributed by atoms with van der Waals surface area (Å²) in [5, 5.41) is 0. The molecule has 1 unspecified atom stereocenters. The maximum Gasteiger partial charge on any atom is 0.131 e. The summed E-state index contributed by atoms with van der Waals surface area (Å²) in [6.45, 7) is 6.66. The highest BCUT2D eigenvalue weighted by Gasteiger charge is 2.30. The molecule has 2 N–H and O–H groups in total. The first-order valence-corrected chi connectivity index (χ1v) is 8.08. The van der Waals surface area contributed by atoms with E-state index in [1.165, 1.54) is 55.7 Å². The molecule has 0 bridgehead atoms. The first-order chi connectivity index (χ1) is 9.61. The number of nitrogens with zero attached hydrogens (tertiary/aromatic N) is 2. The summed E-state index contributed by atoms with van der Waals surface area (Å²) in [6.07, 6.45) is 8.57. The fourth-order valence-electron chi connectivity index (χ4n) is 2.91. The molecule has 110 valence electrons. The predicted molar refractivity (Wildman–Crippen MR) is 84.0 cm³/mol. The molecule has 2 aliphatic carbocycles. The van der Waals surface area contributed by atoms with Gasteiger partial charge >= 0.3 is 0 Å². The van der Waals surface area contributed by atoms with Crippen LogP contribution < -0.4 is 10.6 Å². The zero-order valence-electron chi connectivity index (χ0n) is 12.8. The van der Waals surface area contributed by atoms with Gasteiger partial charge in [0.05, 0.1) is 0 Å². The van der Waals surface area contributed by atoms with Crippen LogP contribution in [0.15, 0.2) is 12.3 Å². The van der Waals surface area contributed by atoms with Crippen LogP contribution in [0.25, 0.3) is 0 Å². The van der Waals surface area contributed by atoms with Crippen molar-refractivity contribution in [3.05, 3.63) is 23.4 Å². The Bertz CT molecular complexity index is 447. The summed E-state index contributed by atoms with van der Waals surface area (Å²) in [7, 11) is 0. The number of aromatic nitrogens is 1. The van der Waals surface area contributed by atoms with Gasteiger partial charge in [0.25, 0.3) is 0 Å². The van der Waals surface area contributed by atoms with E-state index in [9.17, 15) is 0 Å². The van der Waals surface area contributed by atoms with E-state index in [1.54, 1.807) is 0 Å². The van der Waals surface area contributed by atoms with Gasteiger partial charge in [0.1, 0.15) is 5.82 Å². The number of aryl methyl sites for hydroxylation is 1. The Hall–Kier alpha value is -1.09. The number of pyridine rings is 1. The molecule has 1 atom stereocenters. The molecule has 0 amide bonds. The molecule has 3 nitrogen and oxygen atoms in total. The number of hydrogen-bond acceptors (Lipinski definition) is 3. The largest absolute Gasteiger partial charge is 0.356 e. The quantitative estimate of drug-likeness (QED) is 0.830. The van der Waals surface area contributed by atoms with E-state index >= 15 is 0 Å². The highest BCUT2D eigenvalue weighted by molar-refractivity contribution is 5.48. The molecule has 0 spiro atoms. The zero-order valence-corrected chi connectivity index (χ0v) is 12.8. The standard InChI is InChI=1S/C17H27N3/c1-12-7-16(8-13(2)18)9-19-17(12)20(10-14-3-4-14)11-15-5-6-15/h7,9,13-15H,3-6,8,10-11,18H2,1-2H3. The minimum absolute atomic E-state index is 0.205. The van der Waals surface area contributed by atoms with Gasteiger partial charge in [-0.05, 0) is 68.9 Å². The summed E-state index contributed by atoms with van der Waals surface area (Å²) in [4.78, 5) is 7.31. The van der Waals surface area contributed by atoms with Gasteiger partial charge in [-0.25, -0.2) is 4.98 Å². The summed E-state index contributed by atoms with van der Waals surface area (Å²) in [6, 6.07) is 2.48. The van der Waals surface area contributed by atoms with Crippen molar-refractivity contribution in [2.24, 2.45) is 17.6 Å². The SMILES string of the molecule is Cc1cc(CC(C)N)cnc1N(CC1CC1)CC1CC1. The van der Waals surface area contributed by atoms with E-state index in [0.29, 0.717) is 0 Å². The molecule has 2 aliphatic rings. The Morgan fingerprint density at radius 1 is 1.25 bits per heavy atom. The van der Waals surface area contributed by atoms with E-state index in [2.05, 4.69) is 24.8 Å². The Morgan fingerprint density at radius 2 is 1.85 bits per heavy atom. The molecule has 3 rings (SSSR count). The Balaban J connectivity index is 1.74. The van der Waals surface area contributed by atoms with Gasteiger partial charge in [-0.3, -0.25) is 0 Å². The van der Waals surface area contributed by atoms with Crippen LogP contribution in [0, 0.1) is 18.8 Å². The second-order valence-electron chi connectivity index (χ2n) is 6.96. The highest BCUT2D eigenvalue weighted by atomic mass is 15.2. The molecule has 2 fully saturated rings. The van der Waals surface area contributed by atoms with Crippen molar-refractivity contribution in [2.45, 2.75) is 52.0 Å². The van der Waals surface area contributed by atoms with Crippen molar-refractivity contribution >= 4 is 5.82 Å². The van der Waals surface area contributed by atoms with Crippen LogP contribution in [0.2, 0.25) is 0 Å². The maximum absolute atomic E-state index is 5.88. The summed E-state index contributed by atoms with van der Waals surface area (Å²) >= 11 is 0. The first-order valence-electron chi connectivity index (χ1n) is 8.08. The smallest absolute Gasteiger partial charge is 0.131 e. The van der Waals surface area contributed by atoms with Crippen molar-refractivity contribution in [3.63, 3.8) is 0 Å². The van der Waals surface area contributed by atoms with E-state index < -0.39 is 0 Å². The normalized spacial score (nSPS) is 19.9. The van der Waals surface area contributed by atoms with Gasteiger partial charge in [-0.1, -0.05) is 6.07 Å². The van der Waals surface area contributed by atoms with Crippen molar-refractivity contribution in [1.82, 2.24) is 4.98 Å². The number of anilines is 1. The Kier molecular flexibility index (Phi) is 3.97. The van der Waals surface area contributed by atoms with Crippen molar-refractivity contribution in [3.8, 4) is 0 Å². The third-order valence-electron chi connectivity index (χ3n) is 4.32. The van der Waals surface area contributed by atoms with Crippen LogP contribution >= 0.6 is 0 Å². The summed E-state index contributed by atoms with van der Waals surface area (Å²) < 4.78 is 0. The van der Waals surface area contributed by atoms with Crippen LogP contribution in [0.4, 0.5) is 5.82 Å². The Labute approximate surface area is 122 Å². The minimum Gasteiger partial charge on any atom is -0.356 e. The molecule has 0 aliphatic heterocycles. The fraction of sp³-hybridized carbons (Fsp3) is 0.706. The van der Waals surface area contributed by atoms with Crippen LogP contribution in [0.1, 0.15) is 43.7 Å². The number of rotatable bonds is 7. The molecular formula is C17H27N3. The van der Waals surface area contributed by atoms with Crippen molar-refractivity contribution in [2.75, 3.05) is 18.0 Å². The van der Waals surface area contributed by atoms with Crippen LogP contribution in [-0.2, 0) is 6.42 Å². The number of nitrogens with two attached hydrogens (primary N) is 1. The van der Waals surface area contributed by atoms with Crippen molar-refractivity contribution < 1.29 is 0 Å². The maximum atomic E-state index is 5.88. The summed E-state index contributed by atoms with van der Waals surface area (Å²) in [5.41, 5.74) is 8.46. The van der Waals surface area contributed by atoms with Gasteiger partial charge in [0.15, 0.2) is 0 Å². The monoisotopic (exact) mass is 273 g/mol. The lowest BCUT2D eigenvalue weighted by atomic mass is 10.1. The van der Waals surface area contributed by atoms with Crippen molar-refractivity contribution in [1.29, 1.82) is 0 Å². The van der Waals surface area contributed by atoms with E-state index in [-0.39, 0.29) is 6.04 Å². The van der Waals surface area contributed by atoms with E-state index in [4.69, 9.17) is 10.7 Å². The van der Waals surface area contributed by atoms with Crippen LogP contribution in [0.3, 0.4) is 0 Å². The van der Waals surface area contributed by atoms with Gasteiger partial charge in [-0.15, -0.1) is 0 Å². The molecule has 0 saturated heterocycles. The zero-order chi connectivity index (χ0) is 14.1. The predicted octanol–water partition coefficient (Wildman–Crippen LogP) is 2.91. The van der Waals surface area contributed by atoms with E-state index in [1.807, 2.05) is 6.20 Å². The second kappa shape index (κ2) is 5.72. The molecule has 3 heteroatoms. The van der Waals surface area contributed by atoms with E-state index in [0.717, 1.165) is 18.3 Å². The molecule has 20 heavy (non-hydrogen) atoms. The van der Waals surface area contributed by atoms with Gasteiger partial charge in [-0.2, -0.15) is 0 Å². The lowest BCUT2D eigenvalue weighted by Crippen LogP contribution is -2.29. The summed E-state index contributed by atoms with van der Waals surface area (Å²) in [5.74, 6) is 3.04. The Morgan fingerprint density at radius 3 is 2.30 bits per heavy atom. The third-order valence-corrected chi connectivity index (χ3v) is 4.32. The topological polar surface area (TPSA) is 42.1 Å². The molecule has 2 saturated carbocycles. The average Bonchev–Trinajstić information content (AvgIpc) is 3.22. The highest BCUT2D eigenvalue weighted by Crippen LogP contribution is 2.36. The average molecular weight is 273 g/mol. The van der Waals surface area contributed by atoms with Gasteiger partial charge < -0.3 is 10.6 Å². The fourth-order valence-corrected chi connectivity index (χ4v) is 2.91. The lowest BCUT2D eigenvalue weighted by Gasteiger charge is -2.25. The second-order valence-corrected chi connectivity index (χ2v) is 6.96. The van der Waals surface area contributed by atoms with Gasteiger partial charge in [0.2, 0.25) is 0 Å². The first kappa shape index (κ1) is 13.9.